The standard InChI is InChI=1S/C33H32F2N6O3S/c1-22(37-32-30(38-29-21-36-15-16-41(29)32)23-7-13-28(14-8-23)45(2,43)44)33(42)40-19-17-39(18-20-40)31(24-3-9-26(34)10-4-24)25-5-11-27(35)12-6-25/h3-16,21-22,31,37H,17-20H2,1-2H3. The lowest BCUT2D eigenvalue weighted by atomic mass is 9.96. The van der Waals surface area contributed by atoms with Crippen LogP contribution in [0.5, 0.6) is 0 Å². The molecule has 1 fully saturated rings. The lowest BCUT2D eigenvalue weighted by molar-refractivity contribution is -0.133. The summed E-state index contributed by atoms with van der Waals surface area (Å²) in [4.78, 5) is 26.8. The Morgan fingerprint density at radius 1 is 0.867 bits per heavy atom. The molecule has 1 atom stereocenters. The average molecular weight is 631 g/mol. The van der Waals surface area contributed by atoms with E-state index in [1.54, 1.807) is 61.9 Å². The zero-order valence-corrected chi connectivity index (χ0v) is 25.6. The molecular weight excluding hydrogens is 598 g/mol. The molecule has 1 aliphatic rings. The SMILES string of the molecule is CC(Nc1c(-c2ccc(S(C)(=O)=O)cc2)nc2cnccn12)C(=O)N1CCN(C(c2ccc(F)cc2)c2ccc(F)cc2)CC1. The third-order valence-electron chi connectivity index (χ3n) is 8.07. The summed E-state index contributed by atoms with van der Waals surface area (Å²) in [6.45, 7) is 3.88. The van der Waals surface area contributed by atoms with E-state index in [1.807, 2.05) is 9.30 Å². The fourth-order valence-corrected chi connectivity index (χ4v) is 6.38. The van der Waals surface area contributed by atoms with E-state index in [-0.39, 0.29) is 28.5 Å². The Bertz CT molecular complexity index is 1880. The molecule has 5 aromatic rings. The highest BCUT2D eigenvalue weighted by Gasteiger charge is 2.31. The van der Waals surface area contributed by atoms with Crippen LogP contribution in [-0.4, -0.2) is 77.0 Å². The van der Waals surface area contributed by atoms with E-state index in [0.717, 1.165) is 17.4 Å². The van der Waals surface area contributed by atoms with Gasteiger partial charge in [0.15, 0.2) is 15.5 Å². The molecule has 3 heterocycles. The van der Waals surface area contributed by atoms with Crippen LogP contribution in [0.1, 0.15) is 24.1 Å². The summed E-state index contributed by atoms with van der Waals surface area (Å²) < 4.78 is 53.2. The Labute approximate surface area is 260 Å². The van der Waals surface area contributed by atoms with Gasteiger partial charge in [-0.2, -0.15) is 0 Å². The summed E-state index contributed by atoms with van der Waals surface area (Å²) in [5.41, 5.74) is 3.60. The average Bonchev–Trinajstić information content (AvgIpc) is 3.40. The second-order valence-electron chi connectivity index (χ2n) is 11.1. The molecule has 1 N–H and O–H groups in total. The van der Waals surface area contributed by atoms with Gasteiger partial charge in [-0.25, -0.2) is 22.2 Å². The van der Waals surface area contributed by atoms with Gasteiger partial charge in [-0.15, -0.1) is 0 Å². The monoisotopic (exact) mass is 630 g/mol. The van der Waals surface area contributed by atoms with E-state index in [2.05, 4.69) is 15.2 Å². The Kier molecular flexibility index (Phi) is 8.34. The van der Waals surface area contributed by atoms with Gasteiger partial charge in [-0.05, 0) is 54.4 Å². The molecule has 9 nitrogen and oxygen atoms in total. The third kappa shape index (κ3) is 6.43. The van der Waals surface area contributed by atoms with Crippen molar-refractivity contribution in [2.75, 3.05) is 37.8 Å². The largest absolute Gasteiger partial charge is 0.358 e. The summed E-state index contributed by atoms with van der Waals surface area (Å²) in [6.07, 6.45) is 6.15. The molecule has 1 aliphatic heterocycles. The van der Waals surface area contributed by atoms with Crippen LogP contribution in [0.2, 0.25) is 0 Å². The number of amides is 1. The molecule has 1 amide bonds. The lowest BCUT2D eigenvalue weighted by Gasteiger charge is -2.40. The van der Waals surface area contributed by atoms with Crippen molar-refractivity contribution in [1.29, 1.82) is 0 Å². The van der Waals surface area contributed by atoms with E-state index in [1.165, 1.54) is 36.4 Å². The first-order valence-electron chi connectivity index (χ1n) is 14.5. The Balaban J connectivity index is 1.20. The van der Waals surface area contributed by atoms with Gasteiger partial charge in [0, 0.05) is 50.4 Å². The molecule has 2 aromatic heterocycles. The molecule has 1 unspecified atom stereocenters. The van der Waals surface area contributed by atoms with Crippen LogP contribution < -0.4 is 5.32 Å². The van der Waals surface area contributed by atoms with Crippen molar-refractivity contribution < 1.29 is 22.0 Å². The number of nitrogens with one attached hydrogen (secondary N) is 1. The van der Waals surface area contributed by atoms with E-state index in [9.17, 15) is 22.0 Å². The molecule has 3 aromatic carbocycles. The van der Waals surface area contributed by atoms with Crippen molar-refractivity contribution in [2.45, 2.75) is 23.9 Å². The van der Waals surface area contributed by atoms with Gasteiger partial charge < -0.3 is 10.2 Å². The first-order valence-corrected chi connectivity index (χ1v) is 16.4. The summed E-state index contributed by atoms with van der Waals surface area (Å²) in [7, 11) is -3.36. The number of hydrogen-bond donors (Lipinski definition) is 1. The molecule has 0 aliphatic carbocycles. The van der Waals surface area contributed by atoms with Crippen molar-refractivity contribution in [3.8, 4) is 11.3 Å². The summed E-state index contributed by atoms with van der Waals surface area (Å²) >= 11 is 0. The summed E-state index contributed by atoms with van der Waals surface area (Å²) in [5, 5.41) is 3.35. The van der Waals surface area contributed by atoms with Crippen LogP contribution in [0.3, 0.4) is 0 Å². The van der Waals surface area contributed by atoms with Crippen molar-refractivity contribution in [3.05, 3.63) is 114 Å². The van der Waals surface area contributed by atoms with Gasteiger partial charge >= 0.3 is 0 Å². The minimum absolute atomic E-state index is 0.0860. The van der Waals surface area contributed by atoms with Crippen molar-refractivity contribution in [2.24, 2.45) is 0 Å². The highest BCUT2D eigenvalue weighted by molar-refractivity contribution is 7.90. The fraction of sp³-hybridized carbons (Fsp3) is 0.242. The van der Waals surface area contributed by atoms with Crippen LogP contribution in [0, 0.1) is 11.6 Å². The van der Waals surface area contributed by atoms with E-state index < -0.39 is 15.9 Å². The number of anilines is 1. The van der Waals surface area contributed by atoms with Crippen molar-refractivity contribution >= 4 is 27.2 Å². The lowest BCUT2D eigenvalue weighted by Crippen LogP contribution is -2.53. The molecule has 45 heavy (non-hydrogen) atoms. The summed E-state index contributed by atoms with van der Waals surface area (Å²) in [6, 6.07) is 18.3. The number of sulfone groups is 1. The number of carbonyl (C=O) groups is 1. The predicted octanol–water partition coefficient (Wildman–Crippen LogP) is 4.81. The van der Waals surface area contributed by atoms with Crippen LogP contribution in [0.25, 0.3) is 16.9 Å². The van der Waals surface area contributed by atoms with Crippen LogP contribution in [-0.2, 0) is 14.6 Å². The zero-order valence-electron chi connectivity index (χ0n) is 24.8. The summed E-state index contributed by atoms with van der Waals surface area (Å²) in [5.74, 6) is -0.154. The Morgan fingerprint density at radius 3 is 2.00 bits per heavy atom. The molecular formula is C33H32F2N6O3S. The number of carbonyl (C=O) groups excluding carboxylic acids is 1. The molecule has 1 saturated heterocycles. The van der Waals surface area contributed by atoms with Crippen LogP contribution in [0.15, 0.2) is 96.3 Å². The maximum atomic E-state index is 13.7. The highest BCUT2D eigenvalue weighted by atomic mass is 32.2. The first kappa shape index (κ1) is 30.4. The number of halogens is 2. The van der Waals surface area contributed by atoms with Crippen molar-refractivity contribution in [3.63, 3.8) is 0 Å². The Morgan fingerprint density at radius 2 is 1.44 bits per heavy atom. The topological polar surface area (TPSA) is 99.9 Å². The number of imidazole rings is 1. The number of fused-ring (bicyclic) bond motifs is 1. The highest BCUT2D eigenvalue weighted by Crippen LogP contribution is 2.32. The number of aromatic nitrogens is 3. The normalized spacial score (nSPS) is 15.0. The quantitative estimate of drug-likeness (QED) is 0.263. The zero-order chi connectivity index (χ0) is 31.7. The van der Waals surface area contributed by atoms with Gasteiger partial charge in [-0.1, -0.05) is 36.4 Å². The minimum Gasteiger partial charge on any atom is -0.358 e. The van der Waals surface area contributed by atoms with Crippen molar-refractivity contribution in [1.82, 2.24) is 24.2 Å². The number of hydrogen-bond acceptors (Lipinski definition) is 7. The van der Waals surface area contributed by atoms with Crippen LogP contribution in [0.4, 0.5) is 14.6 Å². The van der Waals surface area contributed by atoms with Crippen LogP contribution >= 0.6 is 0 Å². The molecule has 0 bridgehead atoms. The number of piperazine rings is 1. The first-order chi connectivity index (χ1) is 21.6. The number of benzene rings is 3. The third-order valence-corrected chi connectivity index (χ3v) is 9.20. The van der Waals surface area contributed by atoms with E-state index in [4.69, 9.17) is 4.98 Å². The Hall–Kier alpha value is -4.68. The predicted molar refractivity (Wildman–Crippen MR) is 167 cm³/mol. The molecule has 12 heteroatoms. The molecule has 0 spiro atoms. The second-order valence-corrected chi connectivity index (χ2v) is 13.2. The molecule has 0 saturated carbocycles. The van der Waals surface area contributed by atoms with E-state index >= 15 is 0 Å². The molecule has 0 radical (unpaired) electrons. The van der Waals surface area contributed by atoms with Gasteiger partial charge in [0.05, 0.1) is 17.1 Å². The van der Waals surface area contributed by atoms with Gasteiger partial charge in [0.25, 0.3) is 0 Å². The maximum Gasteiger partial charge on any atom is 0.244 e. The maximum absolute atomic E-state index is 13.7. The minimum atomic E-state index is -3.36. The fourth-order valence-electron chi connectivity index (χ4n) is 5.75. The van der Waals surface area contributed by atoms with Gasteiger partial charge in [0.2, 0.25) is 5.91 Å². The van der Waals surface area contributed by atoms with Gasteiger partial charge in [-0.3, -0.25) is 19.1 Å². The second kappa shape index (κ2) is 12.4. The number of rotatable bonds is 8. The smallest absolute Gasteiger partial charge is 0.244 e. The van der Waals surface area contributed by atoms with E-state index in [0.29, 0.717) is 48.9 Å². The molecule has 232 valence electrons. The molecule has 6 rings (SSSR count). The van der Waals surface area contributed by atoms with Gasteiger partial charge in [0.1, 0.15) is 29.2 Å². The number of nitrogens with zero attached hydrogens (tertiary/aromatic N) is 5.